The molecule has 1 saturated heterocycles. The lowest BCUT2D eigenvalue weighted by Crippen LogP contribution is -2.46. The van der Waals surface area contributed by atoms with Crippen molar-refractivity contribution in [1.29, 1.82) is 0 Å². The Hall–Kier alpha value is -3.65. The maximum atomic E-state index is 14.1. The number of aromatic amines is 1. The van der Waals surface area contributed by atoms with Crippen LogP contribution in [0.3, 0.4) is 0 Å². The van der Waals surface area contributed by atoms with Gasteiger partial charge in [-0.25, -0.2) is 13.2 Å². The number of aromatic nitrogens is 2. The molecule has 0 saturated carbocycles. The van der Waals surface area contributed by atoms with Gasteiger partial charge >= 0.3 is 5.69 Å². The minimum Gasteiger partial charge on any atom is -0.416 e. The molecule has 12 heteroatoms. The number of ether oxygens (including phenoxy) is 2. The molecule has 4 aromatic rings. The van der Waals surface area contributed by atoms with Crippen LogP contribution in [0.25, 0.3) is 0 Å². The Morgan fingerprint density at radius 3 is 1.81 bits per heavy atom. The summed E-state index contributed by atoms with van der Waals surface area (Å²) in [4.78, 5) is 26.8. The molecule has 1 fully saturated rings. The highest BCUT2D eigenvalue weighted by atomic mass is 32.2. The van der Waals surface area contributed by atoms with E-state index in [0.717, 1.165) is 27.3 Å². The van der Waals surface area contributed by atoms with E-state index >= 15 is 0 Å². The fourth-order valence-corrected chi connectivity index (χ4v) is 8.84. The van der Waals surface area contributed by atoms with Gasteiger partial charge in [-0.1, -0.05) is 112 Å². The van der Waals surface area contributed by atoms with Gasteiger partial charge in [-0.3, -0.25) is 14.3 Å². The van der Waals surface area contributed by atoms with E-state index in [0.29, 0.717) is 0 Å². The van der Waals surface area contributed by atoms with Gasteiger partial charge in [0.1, 0.15) is 23.1 Å². The van der Waals surface area contributed by atoms with E-state index in [-0.39, 0.29) is 24.0 Å². The number of sulfone groups is 1. The Labute approximate surface area is 282 Å². The maximum Gasteiger partial charge on any atom is 0.330 e. The van der Waals surface area contributed by atoms with E-state index in [2.05, 4.69) is 25.8 Å². The first-order chi connectivity index (χ1) is 22.7. The van der Waals surface area contributed by atoms with E-state index in [9.17, 15) is 23.1 Å². The van der Waals surface area contributed by atoms with Gasteiger partial charge in [-0.15, -0.1) is 0 Å². The van der Waals surface area contributed by atoms with Crippen molar-refractivity contribution in [2.45, 2.75) is 68.2 Å². The third-order valence-electron chi connectivity index (χ3n) is 9.49. The molecule has 0 bridgehead atoms. The van der Waals surface area contributed by atoms with Crippen LogP contribution in [0.5, 0.6) is 0 Å². The Morgan fingerprint density at radius 2 is 1.35 bits per heavy atom. The van der Waals surface area contributed by atoms with Crippen LogP contribution in [0.4, 0.5) is 0 Å². The Kier molecular flexibility index (Phi) is 10.4. The van der Waals surface area contributed by atoms with Crippen molar-refractivity contribution in [3.63, 3.8) is 0 Å². The molecule has 2 N–H and O–H groups in total. The summed E-state index contributed by atoms with van der Waals surface area (Å²) in [6.07, 6.45) is -3.06. The summed E-state index contributed by atoms with van der Waals surface area (Å²) in [5, 5.41) is 10.0. The largest absolute Gasteiger partial charge is 0.416 e. The number of nitrogens with one attached hydrogen (secondary N) is 1. The van der Waals surface area contributed by atoms with Gasteiger partial charge < -0.3 is 19.0 Å². The molecule has 0 spiro atoms. The Morgan fingerprint density at radius 1 is 0.854 bits per heavy atom. The molecular formula is C36H44N2O8SSi. The highest BCUT2D eigenvalue weighted by Crippen LogP contribution is 2.42. The molecule has 2 heterocycles. The maximum absolute atomic E-state index is 14.1. The number of benzene rings is 3. The molecule has 0 unspecified atom stereocenters. The lowest BCUT2D eigenvalue weighted by molar-refractivity contribution is -0.0873. The lowest BCUT2D eigenvalue weighted by Gasteiger charge is -2.37. The van der Waals surface area contributed by atoms with E-state index in [1.807, 2.05) is 104 Å². The smallest absolute Gasteiger partial charge is 0.330 e. The van der Waals surface area contributed by atoms with Crippen LogP contribution in [0.1, 0.15) is 43.7 Å². The fraction of sp³-hybridized carbons (Fsp3) is 0.389. The van der Waals surface area contributed by atoms with Crippen molar-refractivity contribution in [2.24, 2.45) is 0 Å². The molecule has 0 amide bonds. The van der Waals surface area contributed by atoms with Gasteiger partial charge in [0.25, 0.3) is 5.56 Å². The van der Waals surface area contributed by atoms with Gasteiger partial charge in [0.2, 0.25) is 0 Å². The zero-order chi connectivity index (χ0) is 34.7. The van der Waals surface area contributed by atoms with Crippen LogP contribution in [0.15, 0.2) is 113 Å². The predicted molar refractivity (Wildman–Crippen MR) is 187 cm³/mol. The van der Waals surface area contributed by atoms with E-state index in [1.54, 1.807) is 0 Å². The fourth-order valence-electron chi connectivity index (χ4n) is 5.90. The molecule has 1 aliphatic rings. The average molecular weight is 693 g/mol. The molecule has 0 aliphatic carbocycles. The summed E-state index contributed by atoms with van der Waals surface area (Å²) in [6, 6.07) is 29.9. The van der Waals surface area contributed by atoms with Gasteiger partial charge in [0.05, 0.1) is 12.4 Å². The average Bonchev–Trinajstić information content (AvgIpc) is 3.38. The standard InChI is InChI=1S/C36H44N2O8SSi/c1-35(2,3)48(4,5)45-23-24-47(42,43)32-29(46-33(31(32)40)38-22-21-30(39)37-34(38)41)25-44-36(26-15-9-6-10-16-26,27-17-11-7-12-18-27)28-19-13-8-14-20-28/h6-22,29,31-33,40H,23-25H2,1-5H3,(H,37,39,41)/t29-,31+,32-,33-/m1/s1. The summed E-state index contributed by atoms with van der Waals surface area (Å²) in [7, 11) is -6.37. The van der Waals surface area contributed by atoms with E-state index < -0.39 is 58.7 Å². The first-order valence-corrected chi connectivity index (χ1v) is 20.6. The van der Waals surface area contributed by atoms with Crippen LogP contribution < -0.4 is 11.2 Å². The normalized spacial score (nSPS) is 20.5. The molecule has 4 atom stereocenters. The zero-order valence-corrected chi connectivity index (χ0v) is 29.7. The molecule has 256 valence electrons. The van der Waals surface area contributed by atoms with Crippen LogP contribution in [0.2, 0.25) is 18.1 Å². The third kappa shape index (κ3) is 7.19. The quantitative estimate of drug-likeness (QED) is 0.162. The highest BCUT2D eigenvalue weighted by molar-refractivity contribution is 7.92. The number of aliphatic hydroxyl groups is 1. The van der Waals surface area contributed by atoms with E-state index in [4.69, 9.17) is 13.9 Å². The summed E-state index contributed by atoms with van der Waals surface area (Å²) in [5.74, 6) is -0.366. The van der Waals surface area contributed by atoms with Crippen molar-refractivity contribution in [3.8, 4) is 0 Å². The molecular weight excluding hydrogens is 649 g/mol. The second kappa shape index (κ2) is 14.1. The molecule has 0 radical (unpaired) electrons. The first kappa shape index (κ1) is 35.6. The van der Waals surface area contributed by atoms with E-state index in [1.165, 1.54) is 6.20 Å². The topological polar surface area (TPSA) is 137 Å². The number of nitrogens with zero attached hydrogens (tertiary/aromatic N) is 1. The van der Waals surface area contributed by atoms with Gasteiger partial charge in [-0.2, -0.15) is 0 Å². The lowest BCUT2D eigenvalue weighted by atomic mass is 9.80. The minimum atomic E-state index is -4.09. The zero-order valence-electron chi connectivity index (χ0n) is 27.9. The van der Waals surface area contributed by atoms with Crippen LogP contribution in [-0.2, 0) is 29.3 Å². The third-order valence-corrected chi connectivity index (χ3v) is 16.2. The predicted octanol–water partition coefficient (Wildman–Crippen LogP) is 4.61. The molecule has 1 aliphatic heterocycles. The Bertz CT molecular complexity index is 1790. The second-order valence-corrected chi connectivity index (χ2v) is 20.7. The first-order valence-electron chi connectivity index (χ1n) is 16.0. The van der Waals surface area contributed by atoms with Gasteiger partial charge in [-0.05, 0) is 34.8 Å². The molecule has 3 aromatic carbocycles. The number of H-pyrrole nitrogens is 1. The molecule has 48 heavy (non-hydrogen) atoms. The van der Waals surface area contributed by atoms with Crippen molar-refractivity contribution in [1.82, 2.24) is 9.55 Å². The van der Waals surface area contributed by atoms with Crippen molar-refractivity contribution >= 4 is 18.2 Å². The number of rotatable bonds is 12. The minimum absolute atomic E-state index is 0.0547. The number of aliphatic hydroxyl groups excluding tert-OH is 1. The van der Waals surface area contributed by atoms with Gasteiger partial charge in [0, 0.05) is 18.9 Å². The van der Waals surface area contributed by atoms with Crippen molar-refractivity contribution in [3.05, 3.63) is 141 Å². The number of hydrogen-bond acceptors (Lipinski definition) is 8. The SMILES string of the molecule is CC(C)(C)[Si](C)(C)OCCS(=O)(=O)[C@H]1[C@H](O)[C@H](n2ccc(=O)[nH]c2=O)O[C@@H]1COC(c1ccccc1)(c1ccccc1)c1ccccc1. The molecule has 5 rings (SSSR count). The summed E-state index contributed by atoms with van der Waals surface area (Å²) in [5.41, 5.74) is -0.249. The second-order valence-electron chi connectivity index (χ2n) is 13.6. The van der Waals surface area contributed by atoms with Crippen LogP contribution in [-0.4, -0.2) is 67.8 Å². The molecule has 1 aromatic heterocycles. The van der Waals surface area contributed by atoms with Crippen molar-refractivity contribution in [2.75, 3.05) is 19.0 Å². The van der Waals surface area contributed by atoms with Crippen molar-refractivity contribution < 1.29 is 27.4 Å². The summed E-state index contributed by atoms with van der Waals surface area (Å²) >= 11 is 0. The summed E-state index contributed by atoms with van der Waals surface area (Å²) in [6.45, 7) is 9.97. The van der Waals surface area contributed by atoms with Crippen LogP contribution >= 0.6 is 0 Å². The molecule has 10 nitrogen and oxygen atoms in total. The Balaban J connectivity index is 1.55. The highest BCUT2D eigenvalue weighted by Gasteiger charge is 2.53. The monoisotopic (exact) mass is 692 g/mol. The van der Waals surface area contributed by atoms with Gasteiger partial charge in [0.15, 0.2) is 24.4 Å². The summed E-state index contributed by atoms with van der Waals surface area (Å²) < 4.78 is 48.6. The number of hydrogen-bond donors (Lipinski definition) is 2. The van der Waals surface area contributed by atoms with Crippen LogP contribution in [0, 0.1) is 0 Å².